The highest BCUT2D eigenvalue weighted by Gasteiger charge is 2.10. The third kappa shape index (κ3) is 2.66. The number of methoxy groups -OCH3 is 1. The second-order valence-electron chi connectivity index (χ2n) is 4.09. The van der Waals surface area contributed by atoms with Gasteiger partial charge in [0.05, 0.1) is 7.11 Å². The Bertz CT molecular complexity index is 489. The Hall–Kier alpha value is -1.80. The van der Waals surface area contributed by atoms with E-state index in [1.807, 2.05) is 55.5 Å². The maximum Gasteiger partial charge on any atom is 0.118 e. The summed E-state index contributed by atoms with van der Waals surface area (Å²) in [6.45, 7) is 2.02. The lowest BCUT2D eigenvalue weighted by molar-refractivity contribution is 0.220. The number of aliphatic hydroxyl groups is 1. The van der Waals surface area contributed by atoms with Gasteiger partial charge in [-0.3, -0.25) is 0 Å². The Balaban J connectivity index is 2.27. The molecule has 0 heterocycles. The normalized spacial score (nSPS) is 12.2. The van der Waals surface area contributed by atoms with Crippen LogP contribution in [0.3, 0.4) is 0 Å². The van der Waals surface area contributed by atoms with Crippen molar-refractivity contribution >= 4 is 0 Å². The molecule has 0 saturated heterocycles. The molecule has 17 heavy (non-hydrogen) atoms. The molecule has 0 fully saturated rings. The molecule has 0 unspecified atom stereocenters. The number of rotatable bonds is 3. The van der Waals surface area contributed by atoms with E-state index in [1.165, 1.54) is 0 Å². The summed E-state index contributed by atoms with van der Waals surface area (Å²) in [6, 6.07) is 15.4. The first-order valence-corrected chi connectivity index (χ1v) is 5.59. The molecule has 0 aliphatic carbocycles. The van der Waals surface area contributed by atoms with E-state index in [9.17, 15) is 5.11 Å². The van der Waals surface area contributed by atoms with Gasteiger partial charge in [0.15, 0.2) is 0 Å². The minimum absolute atomic E-state index is 0.583. The van der Waals surface area contributed by atoms with Gasteiger partial charge in [-0.15, -0.1) is 0 Å². The van der Waals surface area contributed by atoms with Crippen LogP contribution in [-0.2, 0) is 0 Å². The summed E-state index contributed by atoms with van der Waals surface area (Å²) >= 11 is 0. The molecule has 0 saturated carbocycles. The van der Waals surface area contributed by atoms with E-state index in [1.54, 1.807) is 7.11 Å². The fourth-order valence-electron chi connectivity index (χ4n) is 1.82. The zero-order valence-corrected chi connectivity index (χ0v) is 10.1. The SMILES string of the molecule is COc1ccc([C@@H](O)c2cccc(C)c2)cc1. The van der Waals surface area contributed by atoms with Crippen molar-refractivity contribution in [2.45, 2.75) is 13.0 Å². The lowest BCUT2D eigenvalue weighted by atomic mass is 10.00. The first-order valence-electron chi connectivity index (χ1n) is 5.59. The molecule has 0 amide bonds. The van der Waals surface area contributed by atoms with E-state index in [0.717, 1.165) is 22.4 Å². The van der Waals surface area contributed by atoms with Crippen LogP contribution < -0.4 is 4.74 Å². The molecule has 1 atom stereocenters. The standard InChI is InChI=1S/C15H16O2/c1-11-4-3-5-13(10-11)15(16)12-6-8-14(17-2)9-7-12/h3-10,15-16H,1-2H3/t15-/m1/s1. The number of aliphatic hydroxyl groups excluding tert-OH is 1. The lowest BCUT2D eigenvalue weighted by Gasteiger charge is -2.12. The summed E-state index contributed by atoms with van der Waals surface area (Å²) in [5, 5.41) is 10.2. The molecule has 1 N–H and O–H groups in total. The van der Waals surface area contributed by atoms with E-state index < -0.39 is 6.10 Å². The maximum absolute atomic E-state index is 10.2. The average Bonchev–Trinajstić information content (AvgIpc) is 2.38. The Morgan fingerprint density at radius 1 is 1.00 bits per heavy atom. The molecule has 2 nitrogen and oxygen atoms in total. The fraction of sp³-hybridized carbons (Fsp3) is 0.200. The second-order valence-corrected chi connectivity index (χ2v) is 4.09. The summed E-state index contributed by atoms with van der Waals surface area (Å²) in [7, 11) is 1.63. The predicted molar refractivity (Wildman–Crippen MR) is 68.2 cm³/mol. The minimum Gasteiger partial charge on any atom is -0.497 e. The van der Waals surface area contributed by atoms with Gasteiger partial charge in [0, 0.05) is 0 Å². The van der Waals surface area contributed by atoms with Crippen molar-refractivity contribution < 1.29 is 9.84 Å². The summed E-state index contributed by atoms with van der Waals surface area (Å²) in [5.74, 6) is 0.796. The molecule has 0 spiro atoms. The first-order chi connectivity index (χ1) is 8.20. The number of aryl methyl sites for hydroxylation is 1. The third-order valence-corrected chi connectivity index (χ3v) is 2.79. The van der Waals surface area contributed by atoms with Crippen LogP contribution in [0.2, 0.25) is 0 Å². The Labute approximate surface area is 101 Å². The smallest absolute Gasteiger partial charge is 0.118 e. The van der Waals surface area contributed by atoms with Gasteiger partial charge in [-0.25, -0.2) is 0 Å². The molecule has 0 aliphatic heterocycles. The molecule has 0 bridgehead atoms. The van der Waals surface area contributed by atoms with Gasteiger partial charge in [0.1, 0.15) is 11.9 Å². The summed E-state index contributed by atoms with van der Waals surface area (Å²) in [4.78, 5) is 0. The molecule has 0 radical (unpaired) electrons. The molecule has 2 aromatic rings. The molecular weight excluding hydrogens is 212 g/mol. The fourth-order valence-corrected chi connectivity index (χ4v) is 1.82. The lowest BCUT2D eigenvalue weighted by Crippen LogP contribution is -1.99. The second kappa shape index (κ2) is 5.02. The molecular formula is C15H16O2. The van der Waals surface area contributed by atoms with Gasteiger partial charge in [0.2, 0.25) is 0 Å². The van der Waals surface area contributed by atoms with Gasteiger partial charge < -0.3 is 9.84 Å². The minimum atomic E-state index is -0.583. The highest BCUT2D eigenvalue weighted by molar-refractivity contribution is 5.35. The van der Waals surface area contributed by atoms with Crippen LogP contribution in [0.15, 0.2) is 48.5 Å². The monoisotopic (exact) mass is 228 g/mol. The van der Waals surface area contributed by atoms with Crippen LogP contribution in [-0.4, -0.2) is 12.2 Å². The van der Waals surface area contributed by atoms with Crippen LogP contribution in [0.5, 0.6) is 5.75 Å². The van der Waals surface area contributed by atoms with Gasteiger partial charge in [-0.1, -0.05) is 42.0 Å². The quantitative estimate of drug-likeness (QED) is 0.874. The molecule has 2 aromatic carbocycles. The van der Waals surface area contributed by atoms with Crippen molar-refractivity contribution in [3.8, 4) is 5.75 Å². The van der Waals surface area contributed by atoms with Crippen LogP contribution >= 0.6 is 0 Å². The topological polar surface area (TPSA) is 29.5 Å². The predicted octanol–water partition coefficient (Wildman–Crippen LogP) is 3.09. The van der Waals surface area contributed by atoms with E-state index >= 15 is 0 Å². The van der Waals surface area contributed by atoms with E-state index in [0.29, 0.717) is 0 Å². The van der Waals surface area contributed by atoms with Crippen LogP contribution in [0.4, 0.5) is 0 Å². The van der Waals surface area contributed by atoms with Crippen LogP contribution in [0.1, 0.15) is 22.8 Å². The zero-order chi connectivity index (χ0) is 12.3. The van der Waals surface area contributed by atoms with E-state index in [2.05, 4.69) is 0 Å². The summed E-state index contributed by atoms with van der Waals surface area (Å²) < 4.78 is 5.09. The maximum atomic E-state index is 10.2. The van der Waals surface area contributed by atoms with E-state index in [-0.39, 0.29) is 0 Å². The highest BCUT2D eigenvalue weighted by Crippen LogP contribution is 2.24. The van der Waals surface area contributed by atoms with Crippen molar-refractivity contribution in [2.75, 3.05) is 7.11 Å². The molecule has 0 aliphatic rings. The summed E-state index contributed by atoms with van der Waals surface area (Å²) in [6.07, 6.45) is -0.583. The van der Waals surface area contributed by atoms with Crippen molar-refractivity contribution in [3.63, 3.8) is 0 Å². The van der Waals surface area contributed by atoms with Crippen molar-refractivity contribution in [1.82, 2.24) is 0 Å². The number of ether oxygens (including phenoxy) is 1. The Morgan fingerprint density at radius 2 is 1.71 bits per heavy atom. The molecule has 88 valence electrons. The van der Waals surface area contributed by atoms with Gasteiger partial charge in [-0.2, -0.15) is 0 Å². The average molecular weight is 228 g/mol. The van der Waals surface area contributed by atoms with Crippen molar-refractivity contribution in [1.29, 1.82) is 0 Å². The van der Waals surface area contributed by atoms with Gasteiger partial charge in [-0.05, 0) is 30.2 Å². The van der Waals surface area contributed by atoms with Crippen molar-refractivity contribution in [2.24, 2.45) is 0 Å². The molecule has 2 heteroatoms. The molecule has 0 aromatic heterocycles. The first kappa shape index (κ1) is 11.7. The van der Waals surface area contributed by atoms with Crippen LogP contribution in [0, 0.1) is 6.92 Å². The Kier molecular flexibility index (Phi) is 3.45. The number of benzene rings is 2. The molecule has 2 rings (SSSR count). The van der Waals surface area contributed by atoms with E-state index in [4.69, 9.17) is 4.74 Å². The van der Waals surface area contributed by atoms with Gasteiger partial charge >= 0.3 is 0 Å². The highest BCUT2D eigenvalue weighted by atomic mass is 16.5. The van der Waals surface area contributed by atoms with Gasteiger partial charge in [0.25, 0.3) is 0 Å². The largest absolute Gasteiger partial charge is 0.497 e. The van der Waals surface area contributed by atoms with Crippen molar-refractivity contribution in [3.05, 3.63) is 65.2 Å². The number of hydrogen-bond acceptors (Lipinski definition) is 2. The summed E-state index contributed by atoms with van der Waals surface area (Å²) in [5.41, 5.74) is 2.93. The number of hydrogen-bond donors (Lipinski definition) is 1. The zero-order valence-electron chi connectivity index (χ0n) is 10.1. The van der Waals surface area contributed by atoms with Crippen LogP contribution in [0.25, 0.3) is 0 Å². The third-order valence-electron chi connectivity index (χ3n) is 2.79. The Morgan fingerprint density at radius 3 is 2.29 bits per heavy atom.